The molecule has 2 aromatic carbocycles. The SMILES string of the molecule is CC(C)c1ccc(C(=O)C(C(c2ccccc2)N2CCOCC2)N2CCOCC2)c(C(C)C)c1. The monoisotopic (exact) mass is 464 g/mol. The van der Waals surface area contributed by atoms with Crippen molar-refractivity contribution in [1.82, 2.24) is 9.80 Å². The number of Topliss-reactive ketones (excluding diaryl/α,β-unsaturated/α-hetero) is 1. The van der Waals surface area contributed by atoms with Crippen LogP contribution in [0.5, 0.6) is 0 Å². The van der Waals surface area contributed by atoms with Gasteiger partial charge in [0.15, 0.2) is 5.78 Å². The zero-order chi connectivity index (χ0) is 24.1. The fourth-order valence-corrected chi connectivity index (χ4v) is 5.26. The second-order valence-corrected chi connectivity index (χ2v) is 10.1. The molecule has 0 bridgehead atoms. The predicted octanol–water partition coefficient (Wildman–Crippen LogP) is 4.89. The summed E-state index contributed by atoms with van der Waals surface area (Å²) in [5, 5.41) is 0. The number of benzene rings is 2. The lowest BCUT2D eigenvalue weighted by molar-refractivity contribution is -0.0301. The van der Waals surface area contributed by atoms with E-state index in [1.165, 1.54) is 11.1 Å². The average molecular weight is 465 g/mol. The van der Waals surface area contributed by atoms with Crippen LogP contribution in [-0.4, -0.2) is 74.2 Å². The maximum atomic E-state index is 14.6. The van der Waals surface area contributed by atoms with E-state index in [4.69, 9.17) is 9.47 Å². The number of ether oxygens (including phenoxy) is 2. The van der Waals surface area contributed by atoms with E-state index in [0.717, 1.165) is 37.3 Å². The third kappa shape index (κ3) is 5.60. The average Bonchev–Trinajstić information content (AvgIpc) is 2.88. The van der Waals surface area contributed by atoms with Crippen molar-refractivity contribution in [2.75, 3.05) is 52.6 Å². The van der Waals surface area contributed by atoms with Gasteiger partial charge in [-0.15, -0.1) is 0 Å². The second kappa shape index (κ2) is 11.6. The smallest absolute Gasteiger partial charge is 0.182 e. The molecule has 0 aliphatic carbocycles. The van der Waals surface area contributed by atoms with Crippen LogP contribution in [0.1, 0.15) is 72.6 Å². The Morgan fingerprint density at radius 2 is 1.32 bits per heavy atom. The summed E-state index contributed by atoms with van der Waals surface area (Å²) in [5.41, 5.74) is 4.50. The van der Waals surface area contributed by atoms with Gasteiger partial charge in [0.05, 0.1) is 38.5 Å². The molecule has 0 aromatic heterocycles. The molecule has 2 heterocycles. The second-order valence-electron chi connectivity index (χ2n) is 10.1. The minimum absolute atomic E-state index is 0.0273. The molecule has 2 aromatic rings. The summed E-state index contributed by atoms with van der Waals surface area (Å²) in [4.78, 5) is 19.4. The maximum Gasteiger partial charge on any atom is 0.182 e. The lowest BCUT2D eigenvalue weighted by Crippen LogP contribution is -2.55. The van der Waals surface area contributed by atoms with Gasteiger partial charge in [0.2, 0.25) is 0 Å². The molecular weight excluding hydrogens is 424 g/mol. The van der Waals surface area contributed by atoms with Crippen molar-refractivity contribution in [2.45, 2.75) is 51.6 Å². The first-order valence-corrected chi connectivity index (χ1v) is 12.8. The Bertz CT molecular complexity index is 932. The lowest BCUT2D eigenvalue weighted by Gasteiger charge is -2.44. The van der Waals surface area contributed by atoms with Crippen LogP contribution in [0.4, 0.5) is 0 Å². The number of hydrogen-bond acceptors (Lipinski definition) is 5. The quantitative estimate of drug-likeness (QED) is 0.521. The Labute approximate surface area is 205 Å². The highest BCUT2D eigenvalue weighted by Crippen LogP contribution is 2.34. The van der Waals surface area contributed by atoms with Gasteiger partial charge in [-0.25, -0.2) is 0 Å². The molecule has 2 aliphatic heterocycles. The van der Waals surface area contributed by atoms with E-state index >= 15 is 0 Å². The van der Waals surface area contributed by atoms with Crippen molar-refractivity contribution in [3.8, 4) is 0 Å². The van der Waals surface area contributed by atoms with E-state index in [1.54, 1.807) is 0 Å². The molecule has 5 heteroatoms. The molecular formula is C29H40N2O3. The molecule has 2 unspecified atom stereocenters. The minimum atomic E-state index is -0.271. The number of rotatable bonds is 8. The first kappa shape index (κ1) is 25.1. The molecule has 0 amide bonds. The summed E-state index contributed by atoms with van der Waals surface area (Å²) in [6, 6.07) is 16.7. The van der Waals surface area contributed by atoms with Crippen molar-refractivity contribution in [3.63, 3.8) is 0 Å². The van der Waals surface area contributed by atoms with E-state index in [0.29, 0.717) is 32.3 Å². The van der Waals surface area contributed by atoms with Gasteiger partial charge in [-0.1, -0.05) is 76.2 Å². The van der Waals surface area contributed by atoms with Crippen molar-refractivity contribution in [3.05, 3.63) is 70.8 Å². The van der Waals surface area contributed by atoms with Crippen LogP contribution in [0, 0.1) is 0 Å². The number of carbonyl (C=O) groups is 1. The number of morpholine rings is 2. The highest BCUT2D eigenvalue weighted by Gasteiger charge is 2.40. The third-order valence-electron chi connectivity index (χ3n) is 7.22. The van der Waals surface area contributed by atoms with Gasteiger partial charge in [-0.3, -0.25) is 14.6 Å². The van der Waals surface area contributed by atoms with Gasteiger partial charge >= 0.3 is 0 Å². The Morgan fingerprint density at radius 1 is 0.735 bits per heavy atom. The van der Waals surface area contributed by atoms with E-state index in [-0.39, 0.29) is 23.8 Å². The highest BCUT2D eigenvalue weighted by molar-refractivity contribution is 6.02. The lowest BCUT2D eigenvalue weighted by atomic mass is 9.84. The number of hydrogen-bond donors (Lipinski definition) is 0. The molecule has 34 heavy (non-hydrogen) atoms. The summed E-state index contributed by atoms with van der Waals surface area (Å²) in [6.07, 6.45) is 0. The molecule has 2 aliphatic rings. The number of ketones is 1. The number of carbonyl (C=O) groups excluding carboxylic acids is 1. The summed E-state index contributed by atoms with van der Waals surface area (Å²) in [6.45, 7) is 14.7. The third-order valence-corrected chi connectivity index (χ3v) is 7.22. The summed E-state index contributed by atoms with van der Waals surface area (Å²) < 4.78 is 11.4. The molecule has 5 nitrogen and oxygen atoms in total. The molecule has 4 rings (SSSR count). The van der Waals surface area contributed by atoms with Crippen LogP contribution in [0.15, 0.2) is 48.5 Å². The van der Waals surface area contributed by atoms with Crippen LogP contribution >= 0.6 is 0 Å². The molecule has 0 spiro atoms. The van der Waals surface area contributed by atoms with E-state index in [9.17, 15) is 4.79 Å². The summed E-state index contributed by atoms with van der Waals surface area (Å²) in [5.74, 6) is 0.935. The van der Waals surface area contributed by atoms with E-state index in [2.05, 4.69) is 80.0 Å². The highest BCUT2D eigenvalue weighted by atomic mass is 16.5. The zero-order valence-corrected chi connectivity index (χ0v) is 21.2. The van der Waals surface area contributed by atoms with Crippen molar-refractivity contribution >= 4 is 5.78 Å². The molecule has 184 valence electrons. The molecule has 0 saturated carbocycles. The standard InChI is InChI=1S/C29H40N2O3/c1-21(2)24-10-11-25(26(20-24)22(3)4)29(32)28(31-14-18-34-19-15-31)27(23-8-6-5-7-9-23)30-12-16-33-17-13-30/h5-11,20-22,27-28H,12-19H2,1-4H3. The fourth-order valence-electron chi connectivity index (χ4n) is 5.26. The Balaban J connectivity index is 1.81. The molecule has 2 atom stereocenters. The van der Waals surface area contributed by atoms with Crippen molar-refractivity contribution in [2.24, 2.45) is 0 Å². The summed E-state index contributed by atoms with van der Waals surface area (Å²) in [7, 11) is 0. The van der Waals surface area contributed by atoms with Crippen molar-refractivity contribution in [1.29, 1.82) is 0 Å². The zero-order valence-electron chi connectivity index (χ0n) is 21.2. The maximum absolute atomic E-state index is 14.6. The van der Waals surface area contributed by atoms with E-state index in [1.807, 2.05) is 6.07 Å². The molecule has 0 N–H and O–H groups in total. The van der Waals surface area contributed by atoms with Crippen LogP contribution in [0.3, 0.4) is 0 Å². The van der Waals surface area contributed by atoms with Crippen LogP contribution in [-0.2, 0) is 9.47 Å². The van der Waals surface area contributed by atoms with Gasteiger partial charge in [-0.05, 0) is 28.5 Å². The van der Waals surface area contributed by atoms with Gasteiger partial charge in [0.25, 0.3) is 0 Å². The van der Waals surface area contributed by atoms with Crippen LogP contribution in [0.25, 0.3) is 0 Å². The number of nitrogens with zero attached hydrogens (tertiary/aromatic N) is 2. The molecule has 2 fully saturated rings. The molecule has 2 saturated heterocycles. The summed E-state index contributed by atoms with van der Waals surface area (Å²) >= 11 is 0. The predicted molar refractivity (Wildman–Crippen MR) is 137 cm³/mol. The largest absolute Gasteiger partial charge is 0.379 e. The van der Waals surface area contributed by atoms with Crippen molar-refractivity contribution < 1.29 is 14.3 Å². The van der Waals surface area contributed by atoms with Crippen LogP contribution < -0.4 is 0 Å². The normalized spacial score (nSPS) is 19.9. The van der Waals surface area contributed by atoms with E-state index < -0.39 is 0 Å². The van der Waals surface area contributed by atoms with Gasteiger partial charge in [0, 0.05) is 31.7 Å². The Hall–Kier alpha value is -2.05. The van der Waals surface area contributed by atoms with Crippen LogP contribution in [0.2, 0.25) is 0 Å². The minimum Gasteiger partial charge on any atom is -0.379 e. The molecule has 0 radical (unpaired) electrons. The Kier molecular flexibility index (Phi) is 8.54. The fraction of sp³-hybridized carbons (Fsp3) is 0.552. The van der Waals surface area contributed by atoms with Gasteiger partial charge in [0.1, 0.15) is 0 Å². The topological polar surface area (TPSA) is 42.0 Å². The first-order valence-electron chi connectivity index (χ1n) is 12.8. The Morgan fingerprint density at radius 3 is 1.88 bits per heavy atom. The van der Waals surface area contributed by atoms with Gasteiger partial charge in [-0.2, -0.15) is 0 Å². The van der Waals surface area contributed by atoms with Gasteiger partial charge < -0.3 is 9.47 Å². The first-order chi connectivity index (χ1) is 16.5.